The van der Waals surface area contributed by atoms with Gasteiger partial charge in [0.05, 0.1) is 24.7 Å². The minimum Gasteiger partial charge on any atom is -0.383 e. The van der Waals surface area contributed by atoms with Crippen LogP contribution in [0.4, 0.5) is 5.82 Å². The average molecular weight is 459 g/mol. The van der Waals surface area contributed by atoms with Crippen molar-refractivity contribution in [2.24, 2.45) is 0 Å². The van der Waals surface area contributed by atoms with Crippen LogP contribution >= 0.6 is 27.7 Å². The van der Waals surface area contributed by atoms with Gasteiger partial charge in [0.1, 0.15) is 5.82 Å². The number of nitrogens with zero attached hydrogens (tertiary/aromatic N) is 4. The van der Waals surface area contributed by atoms with E-state index in [1.807, 2.05) is 4.68 Å². The Balaban J connectivity index is 2.11. The predicted molar refractivity (Wildman–Crippen MR) is 113 cm³/mol. The quantitative estimate of drug-likeness (QED) is 0.206. The molecule has 0 saturated heterocycles. The molecule has 0 aliphatic carbocycles. The van der Waals surface area contributed by atoms with Crippen molar-refractivity contribution in [1.29, 1.82) is 0 Å². The molecule has 8 nitrogen and oxygen atoms in total. The van der Waals surface area contributed by atoms with Gasteiger partial charge < -0.3 is 15.4 Å². The number of anilines is 1. The van der Waals surface area contributed by atoms with Crippen LogP contribution in [0.25, 0.3) is 11.0 Å². The van der Waals surface area contributed by atoms with Crippen LogP contribution < -0.4 is 10.6 Å². The van der Waals surface area contributed by atoms with E-state index < -0.39 is 0 Å². The minimum absolute atomic E-state index is 0.0571. The fourth-order valence-corrected chi connectivity index (χ4v) is 3.35. The summed E-state index contributed by atoms with van der Waals surface area (Å²) in [4.78, 5) is 21.0. The maximum Gasteiger partial charge on any atom is 0.220 e. The number of methoxy groups -OCH3 is 1. The summed E-state index contributed by atoms with van der Waals surface area (Å²) in [6.45, 7) is 4.47. The molecule has 0 aliphatic rings. The summed E-state index contributed by atoms with van der Waals surface area (Å²) in [5.74, 6) is 1.78. The van der Waals surface area contributed by atoms with Gasteiger partial charge in [-0.15, -0.1) is 0 Å². The lowest BCUT2D eigenvalue weighted by Crippen LogP contribution is -2.27. The Bertz CT molecular complexity index is 727. The first-order chi connectivity index (χ1) is 13.2. The van der Waals surface area contributed by atoms with Crippen LogP contribution in [-0.2, 0) is 16.1 Å². The van der Waals surface area contributed by atoms with Crippen LogP contribution in [0.15, 0.2) is 11.4 Å². The lowest BCUT2D eigenvalue weighted by Gasteiger charge is -2.09. The number of hydrogen-bond donors (Lipinski definition) is 2. The topological polar surface area (TPSA) is 94.0 Å². The Kier molecular flexibility index (Phi) is 9.85. The third-order valence-corrected chi connectivity index (χ3v) is 5.31. The Morgan fingerprint density at radius 1 is 1.37 bits per heavy atom. The number of carbonyl (C=O) groups is 1. The van der Waals surface area contributed by atoms with Gasteiger partial charge in [-0.3, -0.25) is 4.79 Å². The largest absolute Gasteiger partial charge is 0.383 e. The first kappa shape index (κ1) is 21.9. The molecular weight excluding hydrogens is 432 g/mol. The normalized spacial score (nSPS) is 11.1. The summed E-state index contributed by atoms with van der Waals surface area (Å²) in [5, 5.41) is 13.1. The predicted octanol–water partition coefficient (Wildman–Crippen LogP) is 2.68. The number of rotatable bonds is 13. The summed E-state index contributed by atoms with van der Waals surface area (Å²) in [6.07, 6.45) is 4.18. The zero-order valence-corrected chi connectivity index (χ0v) is 18.2. The minimum atomic E-state index is 0.0571. The van der Waals surface area contributed by atoms with Crippen LogP contribution in [-0.4, -0.2) is 63.5 Å². The van der Waals surface area contributed by atoms with Crippen LogP contribution in [0.5, 0.6) is 0 Å². The Morgan fingerprint density at radius 2 is 2.22 bits per heavy atom. The van der Waals surface area contributed by atoms with Crippen LogP contribution in [0.2, 0.25) is 0 Å². The molecule has 0 saturated carbocycles. The lowest BCUT2D eigenvalue weighted by molar-refractivity contribution is -0.121. The summed E-state index contributed by atoms with van der Waals surface area (Å²) in [7, 11) is 1.67. The van der Waals surface area contributed by atoms with Gasteiger partial charge in [0.25, 0.3) is 0 Å². The SMILES string of the molecule is CCCSc1nc(NCCOC)c2cnn(CCNC(=O)CCCBr)c2n1. The van der Waals surface area contributed by atoms with Gasteiger partial charge in [-0.05, 0) is 12.8 Å². The molecule has 0 radical (unpaired) electrons. The molecule has 2 aromatic heterocycles. The molecule has 27 heavy (non-hydrogen) atoms. The maximum atomic E-state index is 11.8. The fraction of sp³-hybridized carbons (Fsp3) is 0.647. The molecular formula is C17H27BrN6O2S. The number of alkyl halides is 1. The van der Waals surface area contributed by atoms with Crippen molar-refractivity contribution in [1.82, 2.24) is 25.1 Å². The zero-order valence-electron chi connectivity index (χ0n) is 15.8. The Hall–Kier alpha value is -1.39. The first-order valence-corrected chi connectivity index (χ1v) is 11.2. The highest BCUT2D eigenvalue weighted by Gasteiger charge is 2.13. The van der Waals surface area contributed by atoms with Crippen molar-refractivity contribution < 1.29 is 9.53 Å². The third kappa shape index (κ3) is 6.93. The number of amides is 1. The molecule has 150 valence electrons. The molecule has 2 heterocycles. The number of ether oxygens (including phenoxy) is 1. The van der Waals surface area contributed by atoms with Gasteiger partial charge in [-0.1, -0.05) is 34.6 Å². The molecule has 0 unspecified atom stereocenters. The standard InChI is InChI=1S/C17H27BrN6O2S/c1-3-11-27-17-22-15(20-8-10-26-2)13-12-21-24(16(13)23-17)9-7-19-14(25)5-4-6-18/h12H,3-11H2,1-2H3,(H,19,25)(H,20,22,23). The second-order valence-corrected chi connectivity index (χ2v) is 7.73. The van der Waals surface area contributed by atoms with E-state index in [1.54, 1.807) is 25.1 Å². The highest BCUT2D eigenvalue weighted by atomic mass is 79.9. The number of aromatic nitrogens is 4. The van der Waals surface area contributed by atoms with E-state index in [0.29, 0.717) is 32.7 Å². The summed E-state index contributed by atoms with van der Waals surface area (Å²) in [6, 6.07) is 0. The van der Waals surface area contributed by atoms with Crippen molar-refractivity contribution in [3.8, 4) is 0 Å². The molecule has 1 amide bonds. The maximum absolute atomic E-state index is 11.8. The fourth-order valence-electron chi connectivity index (χ4n) is 2.38. The molecule has 0 aromatic carbocycles. The molecule has 0 atom stereocenters. The van der Waals surface area contributed by atoms with Gasteiger partial charge in [-0.25, -0.2) is 14.6 Å². The first-order valence-electron chi connectivity index (χ1n) is 9.11. The van der Waals surface area contributed by atoms with E-state index in [4.69, 9.17) is 4.74 Å². The molecule has 10 heteroatoms. The number of halogens is 1. The number of nitrogens with one attached hydrogen (secondary N) is 2. The van der Waals surface area contributed by atoms with E-state index in [0.717, 1.165) is 45.9 Å². The summed E-state index contributed by atoms with van der Waals surface area (Å²) in [5.41, 5.74) is 0.776. The van der Waals surface area contributed by atoms with Crippen molar-refractivity contribution in [2.75, 3.05) is 43.2 Å². The van der Waals surface area contributed by atoms with Crippen molar-refractivity contribution in [3.05, 3.63) is 6.20 Å². The van der Waals surface area contributed by atoms with Gasteiger partial charge >= 0.3 is 0 Å². The van der Waals surface area contributed by atoms with Crippen molar-refractivity contribution >= 4 is 50.5 Å². The van der Waals surface area contributed by atoms with Crippen molar-refractivity contribution in [2.45, 2.75) is 37.9 Å². The van der Waals surface area contributed by atoms with Gasteiger partial charge in [0.2, 0.25) is 5.91 Å². The second kappa shape index (κ2) is 12.1. The lowest BCUT2D eigenvalue weighted by atomic mass is 10.3. The van der Waals surface area contributed by atoms with E-state index >= 15 is 0 Å². The second-order valence-electron chi connectivity index (χ2n) is 5.87. The smallest absolute Gasteiger partial charge is 0.220 e. The molecule has 0 bridgehead atoms. The van der Waals surface area contributed by atoms with Crippen LogP contribution in [0.1, 0.15) is 26.2 Å². The number of fused-ring (bicyclic) bond motifs is 1. The Labute approximate surface area is 172 Å². The van der Waals surface area contributed by atoms with E-state index in [1.165, 1.54) is 0 Å². The highest BCUT2D eigenvalue weighted by Crippen LogP contribution is 2.24. The summed E-state index contributed by atoms with van der Waals surface area (Å²) >= 11 is 4.96. The number of carbonyl (C=O) groups excluding carboxylic acids is 1. The molecule has 0 spiro atoms. The molecule has 0 aliphatic heterocycles. The third-order valence-electron chi connectivity index (χ3n) is 3.69. The average Bonchev–Trinajstić information content (AvgIpc) is 3.08. The van der Waals surface area contributed by atoms with Gasteiger partial charge in [0.15, 0.2) is 10.8 Å². The molecule has 2 rings (SSSR count). The molecule has 2 aromatic rings. The van der Waals surface area contributed by atoms with Crippen LogP contribution in [0.3, 0.4) is 0 Å². The monoisotopic (exact) mass is 458 g/mol. The van der Waals surface area contributed by atoms with Crippen molar-refractivity contribution in [3.63, 3.8) is 0 Å². The highest BCUT2D eigenvalue weighted by molar-refractivity contribution is 9.09. The van der Waals surface area contributed by atoms with E-state index in [-0.39, 0.29) is 5.91 Å². The van der Waals surface area contributed by atoms with E-state index in [2.05, 4.69) is 48.6 Å². The summed E-state index contributed by atoms with van der Waals surface area (Å²) < 4.78 is 6.92. The van der Waals surface area contributed by atoms with Gasteiger partial charge in [-0.2, -0.15) is 5.10 Å². The number of thioether (sulfide) groups is 1. The molecule has 0 fully saturated rings. The van der Waals surface area contributed by atoms with Crippen LogP contribution in [0, 0.1) is 0 Å². The van der Waals surface area contributed by atoms with Gasteiger partial charge in [0, 0.05) is 37.7 Å². The number of hydrogen-bond acceptors (Lipinski definition) is 7. The Morgan fingerprint density at radius 3 is 2.96 bits per heavy atom. The zero-order chi connectivity index (χ0) is 19.5. The van der Waals surface area contributed by atoms with E-state index in [9.17, 15) is 4.79 Å². The molecule has 2 N–H and O–H groups in total.